The summed E-state index contributed by atoms with van der Waals surface area (Å²) in [4.78, 5) is 4.17. The quantitative estimate of drug-likeness (QED) is 0.821. The van der Waals surface area contributed by atoms with Crippen molar-refractivity contribution in [2.75, 3.05) is 5.32 Å². The average Bonchev–Trinajstić information content (AvgIpc) is 2.21. The van der Waals surface area contributed by atoms with E-state index in [1.54, 1.807) is 12.3 Å². The maximum absolute atomic E-state index is 6.15. The molecule has 2 rings (SSSR count). The molecular weight excluding hydrogens is 266 g/mol. The normalized spacial score (nSPS) is 27.3. The van der Waals surface area contributed by atoms with Gasteiger partial charge in [0, 0.05) is 23.0 Å². The maximum Gasteiger partial charge on any atom is 0.145 e. The first-order valence-electron chi connectivity index (χ1n) is 5.13. The van der Waals surface area contributed by atoms with E-state index in [4.69, 9.17) is 34.8 Å². The van der Waals surface area contributed by atoms with E-state index in [1.807, 2.05) is 0 Å². The summed E-state index contributed by atoms with van der Waals surface area (Å²) in [7, 11) is 0. The first kappa shape index (κ1) is 12.3. The van der Waals surface area contributed by atoms with E-state index < -0.39 is 0 Å². The Morgan fingerprint density at radius 3 is 2.62 bits per heavy atom. The first-order chi connectivity index (χ1) is 7.41. The monoisotopic (exact) mass is 278 g/mol. The molecule has 0 aromatic carbocycles. The standard InChI is InChI=1S/C11H13Cl3N2/c1-11(2)8(14)4-9(11)16-10-7(13)3-6(12)5-15-10/h3,5,8-9H,4H2,1-2H3,(H,15,16). The lowest BCUT2D eigenvalue weighted by atomic mass is 9.67. The number of hydrogen-bond donors (Lipinski definition) is 1. The number of halogens is 3. The highest BCUT2D eigenvalue weighted by atomic mass is 35.5. The van der Waals surface area contributed by atoms with E-state index in [2.05, 4.69) is 24.1 Å². The molecule has 1 aliphatic rings. The second-order valence-corrected chi connectivity index (χ2v) is 6.08. The minimum Gasteiger partial charge on any atom is -0.365 e. The van der Waals surface area contributed by atoms with Gasteiger partial charge in [0.1, 0.15) is 5.82 Å². The second-order valence-electron chi connectivity index (χ2n) is 4.71. The van der Waals surface area contributed by atoms with Gasteiger partial charge in [-0.1, -0.05) is 37.0 Å². The van der Waals surface area contributed by atoms with Crippen molar-refractivity contribution in [3.63, 3.8) is 0 Å². The smallest absolute Gasteiger partial charge is 0.145 e. The van der Waals surface area contributed by atoms with Crippen molar-refractivity contribution in [3.8, 4) is 0 Å². The van der Waals surface area contributed by atoms with E-state index in [0.29, 0.717) is 21.9 Å². The number of alkyl halides is 1. The predicted molar refractivity (Wildman–Crippen MR) is 69.7 cm³/mol. The van der Waals surface area contributed by atoms with Crippen LogP contribution in [0.25, 0.3) is 0 Å². The van der Waals surface area contributed by atoms with Crippen LogP contribution in [0.4, 0.5) is 5.82 Å². The third kappa shape index (κ3) is 2.11. The van der Waals surface area contributed by atoms with Crippen LogP contribution in [-0.2, 0) is 0 Å². The van der Waals surface area contributed by atoms with E-state index in [9.17, 15) is 0 Å². The Bertz CT molecular complexity index is 406. The van der Waals surface area contributed by atoms with Crippen LogP contribution in [0, 0.1) is 5.41 Å². The summed E-state index contributed by atoms with van der Waals surface area (Å²) in [5.41, 5.74) is 0.0617. The van der Waals surface area contributed by atoms with Gasteiger partial charge >= 0.3 is 0 Å². The molecule has 1 aromatic heterocycles. The molecule has 2 nitrogen and oxygen atoms in total. The number of hydrogen-bond acceptors (Lipinski definition) is 2. The van der Waals surface area contributed by atoms with Gasteiger partial charge in [0.25, 0.3) is 0 Å². The Labute approximate surface area is 110 Å². The van der Waals surface area contributed by atoms with Crippen LogP contribution in [0.5, 0.6) is 0 Å². The Hall–Kier alpha value is -0.180. The molecule has 1 fully saturated rings. The van der Waals surface area contributed by atoms with Crippen LogP contribution in [0.2, 0.25) is 10.0 Å². The molecule has 16 heavy (non-hydrogen) atoms. The molecule has 2 atom stereocenters. The lowest BCUT2D eigenvalue weighted by Crippen LogP contribution is -2.54. The van der Waals surface area contributed by atoms with Gasteiger partial charge in [0.15, 0.2) is 0 Å². The van der Waals surface area contributed by atoms with Crippen molar-refractivity contribution in [2.45, 2.75) is 31.7 Å². The molecule has 1 saturated carbocycles. The first-order valence-corrected chi connectivity index (χ1v) is 6.32. The van der Waals surface area contributed by atoms with Gasteiger partial charge in [0.2, 0.25) is 0 Å². The molecule has 0 spiro atoms. The Kier molecular flexibility index (Phi) is 3.26. The molecule has 0 aliphatic heterocycles. The van der Waals surface area contributed by atoms with Crippen LogP contribution in [0.15, 0.2) is 12.3 Å². The Morgan fingerprint density at radius 2 is 2.12 bits per heavy atom. The van der Waals surface area contributed by atoms with E-state index >= 15 is 0 Å². The van der Waals surface area contributed by atoms with Gasteiger partial charge < -0.3 is 5.32 Å². The van der Waals surface area contributed by atoms with E-state index in [1.165, 1.54) is 0 Å². The van der Waals surface area contributed by atoms with Crippen LogP contribution in [0.1, 0.15) is 20.3 Å². The number of rotatable bonds is 2. The zero-order chi connectivity index (χ0) is 11.9. The number of nitrogens with one attached hydrogen (secondary N) is 1. The summed E-state index contributed by atoms with van der Waals surface area (Å²) < 4.78 is 0. The SMILES string of the molecule is CC1(C)C(Cl)CC1Nc1ncc(Cl)cc1Cl. The zero-order valence-electron chi connectivity index (χ0n) is 9.10. The summed E-state index contributed by atoms with van der Waals surface area (Å²) >= 11 is 18.0. The number of pyridine rings is 1. The molecule has 0 saturated heterocycles. The molecule has 1 aromatic rings. The summed E-state index contributed by atoms with van der Waals surface area (Å²) in [6.45, 7) is 4.27. The predicted octanol–water partition coefficient (Wildman–Crippen LogP) is 4.21. The molecule has 5 heteroatoms. The van der Waals surface area contributed by atoms with Crippen molar-refractivity contribution in [2.24, 2.45) is 5.41 Å². The summed E-state index contributed by atoms with van der Waals surface area (Å²) in [6, 6.07) is 1.99. The summed E-state index contributed by atoms with van der Waals surface area (Å²) in [6.07, 6.45) is 2.51. The van der Waals surface area contributed by atoms with Gasteiger partial charge in [-0.05, 0) is 12.5 Å². The lowest BCUT2D eigenvalue weighted by molar-refractivity contribution is 0.168. The van der Waals surface area contributed by atoms with E-state index in [0.717, 1.165) is 6.42 Å². The van der Waals surface area contributed by atoms with Crippen molar-refractivity contribution >= 4 is 40.6 Å². The van der Waals surface area contributed by atoms with Crippen LogP contribution < -0.4 is 5.32 Å². The fraction of sp³-hybridized carbons (Fsp3) is 0.545. The molecule has 1 aliphatic carbocycles. The van der Waals surface area contributed by atoms with Gasteiger partial charge in [-0.2, -0.15) is 0 Å². The van der Waals surface area contributed by atoms with Gasteiger partial charge in [-0.3, -0.25) is 0 Å². The third-order valence-corrected chi connectivity index (χ3v) is 4.50. The third-order valence-electron chi connectivity index (χ3n) is 3.27. The van der Waals surface area contributed by atoms with Gasteiger partial charge in [-0.25, -0.2) is 4.98 Å². The maximum atomic E-state index is 6.15. The molecule has 88 valence electrons. The van der Waals surface area contributed by atoms with Crippen molar-refractivity contribution in [3.05, 3.63) is 22.3 Å². The summed E-state index contributed by atoms with van der Waals surface area (Å²) in [5, 5.41) is 4.60. The lowest BCUT2D eigenvalue weighted by Gasteiger charge is -2.49. The molecule has 1 heterocycles. The summed E-state index contributed by atoms with van der Waals surface area (Å²) in [5.74, 6) is 0.674. The largest absolute Gasteiger partial charge is 0.365 e. The van der Waals surface area contributed by atoms with Crippen LogP contribution in [0.3, 0.4) is 0 Å². The molecule has 2 unspecified atom stereocenters. The minimum atomic E-state index is 0.0617. The van der Waals surface area contributed by atoms with Crippen LogP contribution >= 0.6 is 34.8 Å². The Morgan fingerprint density at radius 1 is 1.44 bits per heavy atom. The van der Waals surface area contributed by atoms with Crippen molar-refractivity contribution in [1.29, 1.82) is 0 Å². The highest BCUT2D eigenvalue weighted by Gasteiger charge is 2.47. The molecule has 0 amide bonds. The number of aromatic nitrogens is 1. The Balaban J connectivity index is 2.11. The molecule has 0 radical (unpaired) electrons. The number of nitrogens with zero attached hydrogens (tertiary/aromatic N) is 1. The van der Waals surface area contributed by atoms with Gasteiger partial charge in [0.05, 0.1) is 10.0 Å². The van der Waals surface area contributed by atoms with Gasteiger partial charge in [-0.15, -0.1) is 11.6 Å². The molecule has 1 N–H and O–H groups in total. The fourth-order valence-electron chi connectivity index (χ4n) is 1.80. The highest BCUT2D eigenvalue weighted by molar-refractivity contribution is 6.36. The highest BCUT2D eigenvalue weighted by Crippen LogP contribution is 2.46. The van der Waals surface area contributed by atoms with Crippen molar-refractivity contribution in [1.82, 2.24) is 4.98 Å². The minimum absolute atomic E-state index is 0.0617. The zero-order valence-corrected chi connectivity index (χ0v) is 11.4. The van der Waals surface area contributed by atoms with Crippen molar-refractivity contribution < 1.29 is 0 Å². The van der Waals surface area contributed by atoms with Crippen LogP contribution in [-0.4, -0.2) is 16.4 Å². The number of anilines is 1. The average molecular weight is 280 g/mol. The molecular formula is C11H13Cl3N2. The fourth-order valence-corrected chi connectivity index (χ4v) is 2.57. The molecule has 0 bridgehead atoms. The van der Waals surface area contributed by atoms with E-state index in [-0.39, 0.29) is 10.8 Å². The second kappa shape index (κ2) is 4.25. The topological polar surface area (TPSA) is 24.9 Å².